The predicted octanol–water partition coefficient (Wildman–Crippen LogP) is 2.75. The maximum absolute atomic E-state index is 4.44. The number of amidine groups is 1. The monoisotopic (exact) mass is 216 g/mol. The van der Waals surface area contributed by atoms with E-state index in [-0.39, 0.29) is 5.41 Å². The maximum atomic E-state index is 4.44. The van der Waals surface area contributed by atoms with E-state index in [9.17, 15) is 0 Å². The van der Waals surface area contributed by atoms with Gasteiger partial charge in [-0.3, -0.25) is 4.99 Å². The molecular formula is C14H20N2. The lowest BCUT2D eigenvalue weighted by molar-refractivity contribution is 0.512. The zero-order valence-electron chi connectivity index (χ0n) is 10.2. The van der Waals surface area contributed by atoms with Gasteiger partial charge < -0.3 is 5.32 Å². The van der Waals surface area contributed by atoms with Crippen molar-refractivity contribution in [3.05, 3.63) is 35.9 Å². The average Bonchev–Trinajstić information content (AvgIpc) is 2.81. The molecule has 1 aliphatic rings. The molecular weight excluding hydrogens is 196 g/mol. The van der Waals surface area contributed by atoms with Crippen LogP contribution in [0, 0.1) is 0 Å². The first kappa shape index (κ1) is 11.2. The molecule has 1 aromatic rings. The smallest absolute Gasteiger partial charge is 0.0964 e. The summed E-state index contributed by atoms with van der Waals surface area (Å²) in [6, 6.07) is 10.7. The van der Waals surface area contributed by atoms with Crippen molar-refractivity contribution in [2.75, 3.05) is 13.1 Å². The van der Waals surface area contributed by atoms with Crippen molar-refractivity contribution in [1.82, 2.24) is 5.32 Å². The molecule has 16 heavy (non-hydrogen) atoms. The summed E-state index contributed by atoms with van der Waals surface area (Å²) >= 11 is 0. The van der Waals surface area contributed by atoms with Crippen LogP contribution in [0.15, 0.2) is 35.3 Å². The lowest BCUT2D eigenvalue weighted by atomic mass is 9.84. The summed E-state index contributed by atoms with van der Waals surface area (Å²) in [6.45, 7) is 6.49. The Hall–Kier alpha value is -1.31. The lowest BCUT2D eigenvalue weighted by Crippen LogP contribution is -2.35. The Morgan fingerprint density at radius 1 is 1.25 bits per heavy atom. The Bertz CT molecular complexity index is 366. The number of nitrogens with one attached hydrogen (secondary N) is 1. The van der Waals surface area contributed by atoms with Crippen molar-refractivity contribution in [2.45, 2.75) is 32.1 Å². The van der Waals surface area contributed by atoms with Gasteiger partial charge in [0, 0.05) is 24.9 Å². The third-order valence-electron chi connectivity index (χ3n) is 3.16. The lowest BCUT2D eigenvalue weighted by Gasteiger charge is -2.26. The van der Waals surface area contributed by atoms with Crippen molar-refractivity contribution in [1.29, 1.82) is 0 Å². The summed E-state index contributed by atoms with van der Waals surface area (Å²) in [4.78, 5) is 4.44. The maximum Gasteiger partial charge on any atom is 0.0964 e. The highest BCUT2D eigenvalue weighted by Gasteiger charge is 2.20. The van der Waals surface area contributed by atoms with E-state index in [0.29, 0.717) is 0 Å². The summed E-state index contributed by atoms with van der Waals surface area (Å²) in [5.41, 5.74) is 1.54. The van der Waals surface area contributed by atoms with Gasteiger partial charge in [0.1, 0.15) is 0 Å². The van der Waals surface area contributed by atoms with Gasteiger partial charge in [-0.15, -0.1) is 0 Å². The number of hydrogen-bond donors (Lipinski definition) is 1. The summed E-state index contributed by atoms with van der Waals surface area (Å²) in [6.07, 6.45) is 2.32. The molecule has 1 aromatic carbocycles. The second-order valence-corrected chi connectivity index (χ2v) is 5.04. The topological polar surface area (TPSA) is 24.4 Å². The van der Waals surface area contributed by atoms with Crippen LogP contribution in [0.25, 0.3) is 0 Å². The molecule has 2 rings (SSSR count). The van der Waals surface area contributed by atoms with Crippen LogP contribution in [-0.2, 0) is 5.41 Å². The van der Waals surface area contributed by atoms with E-state index < -0.39 is 0 Å². The van der Waals surface area contributed by atoms with Gasteiger partial charge in [-0.1, -0.05) is 44.2 Å². The Morgan fingerprint density at radius 2 is 2.00 bits per heavy atom. The molecule has 86 valence electrons. The van der Waals surface area contributed by atoms with Crippen LogP contribution < -0.4 is 5.32 Å². The van der Waals surface area contributed by atoms with E-state index in [4.69, 9.17) is 0 Å². The van der Waals surface area contributed by atoms with Gasteiger partial charge in [-0.2, -0.15) is 0 Å². The molecule has 0 radical (unpaired) electrons. The van der Waals surface area contributed by atoms with Crippen molar-refractivity contribution in [3.8, 4) is 0 Å². The third-order valence-corrected chi connectivity index (χ3v) is 3.16. The van der Waals surface area contributed by atoms with E-state index in [0.717, 1.165) is 19.5 Å². The minimum absolute atomic E-state index is 0.159. The summed E-state index contributed by atoms with van der Waals surface area (Å²) < 4.78 is 0. The van der Waals surface area contributed by atoms with Gasteiger partial charge in [0.15, 0.2) is 0 Å². The summed E-state index contributed by atoms with van der Waals surface area (Å²) in [5, 5.41) is 3.47. The Kier molecular flexibility index (Phi) is 3.28. The number of nitrogens with zero attached hydrogens (tertiary/aromatic N) is 1. The van der Waals surface area contributed by atoms with Crippen LogP contribution in [0.4, 0.5) is 0 Å². The molecule has 1 aliphatic heterocycles. The fourth-order valence-corrected chi connectivity index (χ4v) is 2.00. The largest absolute Gasteiger partial charge is 0.373 e. The van der Waals surface area contributed by atoms with E-state index >= 15 is 0 Å². The molecule has 0 saturated carbocycles. The molecule has 0 amide bonds. The van der Waals surface area contributed by atoms with Crippen molar-refractivity contribution < 1.29 is 0 Å². The highest BCUT2D eigenvalue weighted by molar-refractivity contribution is 5.83. The Balaban J connectivity index is 1.97. The quantitative estimate of drug-likeness (QED) is 0.825. The SMILES string of the molecule is CC(C)(CNC1=NCCC1)c1ccccc1. The zero-order chi connectivity index (χ0) is 11.4. The normalized spacial score (nSPS) is 16.0. The predicted molar refractivity (Wildman–Crippen MR) is 69.0 cm³/mol. The highest BCUT2D eigenvalue weighted by Crippen LogP contribution is 2.21. The number of hydrogen-bond acceptors (Lipinski definition) is 2. The third kappa shape index (κ3) is 2.63. The van der Waals surface area contributed by atoms with E-state index in [1.165, 1.54) is 17.8 Å². The molecule has 0 bridgehead atoms. The van der Waals surface area contributed by atoms with Crippen molar-refractivity contribution >= 4 is 5.84 Å². The van der Waals surface area contributed by atoms with Gasteiger partial charge in [0.05, 0.1) is 5.84 Å². The molecule has 2 heteroatoms. The molecule has 0 unspecified atom stereocenters. The van der Waals surface area contributed by atoms with Crippen LogP contribution in [-0.4, -0.2) is 18.9 Å². The average molecular weight is 216 g/mol. The molecule has 0 aliphatic carbocycles. The fraction of sp³-hybridized carbons (Fsp3) is 0.500. The van der Waals surface area contributed by atoms with Gasteiger partial charge in [-0.05, 0) is 12.0 Å². The van der Waals surface area contributed by atoms with Crippen LogP contribution >= 0.6 is 0 Å². The first-order valence-corrected chi connectivity index (χ1v) is 6.01. The molecule has 0 fully saturated rings. The molecule has 0 atom stereocenters. The van der Waals surface area contributed by atoms with Gasteiger partial charge in [0.25, 0.3) is 0 Å². The second-order valence-electron chi connectivity index (χ2n) is 5.04. The standard InChI is InChI=1S/C14H20N2/c1-14(2,12-7-4-3-5-8-12)11-16-13-9-6-10-15-13/h3-5,7-8H,6,9-11H2,1-2H3,(H,15,16). The van der Waals surface area contributed by atoms with Crippen LogP contribution in [0.3, 0.4) is 0 Å². The van der Waals surface area contributed by atoms with Gasteiger partial charge in [-0.25, -0.2) is 0 Å². The summed E-state index contributed by atoms with van der Waals surface area (Å²) in [5.74, 6) is 1.18. The first-order valence-electron chi connectivity index (χ1n) is 6.01. The number of benzene rings is 1. The number of aliphatic imine (C=N–C) groups is 1. The minimum Gasteiger partial charge on any atom is -0.373 e. The highest BCUT2D eigenvalue weighted by atomic mass is 15.0. The van der Waals surface area contributed by atoms with E-state index in [1.54, 1.807) is 0 Å². The van der Waals surface area contributed by atoms with Crippen LogP contribution in [0.5, 0.6) is 0 Å². The fourth-order valence-electron chi connectivity index (χ4n) is 2.00. The Labute approximate surface area is 97.8 Å². The minimum atomic E-state index is 0.159. The van der Waals surface area contributed by atoms with E-state index in [2.05, 4.69) is 54.5 Å². The van der Waals surface area contributed by atoms with Gasteiger partial charge >= 0.3 is 0 Å². The van der Waals surface area contributed by atoms with Crippen molar-refractivity contribution in [3.63, 3.8) is 0 Å². The molecule has 0 saturated heterocycles. The second kappa shape index (κ2) is 4.69. The first-order chi connectivity index (χ1) is 7.68. The van der Waals surface area contributed by atoms with Gasteiger partial charge in [0.2, 0.25) is 0 Å². The van der Waals surface area contributed by atoms with Crippen molar-refractivity contribution in [2.24, 2.45) is 4.99 Å². The molecule has 0 spiro atoms. The zero-order valence-corrected chi connectivity index (χ0v) is 10.2. The molecule has 0 aromatic heterocycles. The Morgan fingerprint density at radius 3 is 2.62 bits per heavy atom. The van der Waals surface area contributed by atoms with Crippen LogP contribution in [0.1, 0.15) is 32.3 Å². The molecule has 2 nitrogen and oxygen atoms in total. The molecule has 1 heterocycles. The summed E-state index contributed by atoms with van der Waals surface area (Å²) in [7, 11) is 0. The van der Waals surface area contributed by atoms with E-state index in [1.807, 2.05) is 0 Å². The molecule has 1 N–H and O–H groups in total. The van der Waals surface area contributed by atoms with Crippen LogP contribution in [0.2, 0.25) is 0 Å². The number of rotatable bonds is 3.